The smallest absolute Gasteiger partial charge is 0.239 e. The van der Waals surface area contributed by atoms with Crippen molar-refractivity contribution in [1.29, 1.82) is 0 Å². The first-order valence-corrected chi connectivity index (χ1v) is 8.00. The molecule has 1 rings (SSSR count). The lowest BCUT2D eigenvalue weighted by atomic mass is 10.1. The third-order valence-electron chi connectivity index (χ3n) is 3.26. The first-order valence-electron chi connectivity index (χ1n) is 8.00. The maximum Gasteiger partial charge on any atom is 0.239 e. The first kappa shape index (κ1) is 18.0. The van der Waals surface area contributed by atoms with Crippen LogP contribution in [-0.4, -0.2) is 24.9 Å². The molecular formula is C17H27N3O2. The molecule has 0 spiro atoms. The highest BCUT2D eigenvalue weighted by Gasteiger charge is 2.01. The lowest BCUT2D eigenvalue weighted by Crippen LogP contribution is -2.30. The Morgan fingerprint density at radius 2 is 1.59 bits per heavy atom. The Hall–Kier alpha value is -2.04. The molecule has 3 N–H and O–H groups in total. The molecule has 1 aromatic rings. The van der Waals surface area contributed by atoms with Crippen molar-refractivity contribution in [2.24, 2.45) is 0 Å². The van der Waals surface area contributed by atoms with Gasteiger partial charge in [-0.25, -0.2) is 0 Å². The fourth-order valence-electron chi connectivity index (χ4n) is 2.08. The first-order chi connectivity index (χ1) is 10.6. The monoisotopic (exact) mass is 305 g/mol. The summed E-state index contributed by atoms with van der Waals surface area (Å²) in [5.41, 5.74) is 1.60. The topological polar surface area (TPSA) is 70.2 Å². The van der Waals surface area contributed by atoms with Gasteiger partial charge in [-0.05, 0) is 30.7 Å². The number of hydrogen-bond donors (Lipinski definition) is 3. The van der Waals surface area contributed by atoms with Crippen molar-refractivity contribution < 1.29 is 9.59 Å². The van der Waals surface area contributed by atoms with Crippen molar-refractivity contribution in [1.82, 2.24) is 5.32 Å². The summed E-state index contributed by atoms with van der Waals surface area (Å²) in [4.78, 5) is 22.6. The average molecular weight is 305 g/mol. The number of rotatable bonds is 10. The van der Waals surface area contributed by atoms with Gasteiger partial charge in [0.1, 0.15) is 0 Å². The minimum Gasteiger partial charge on any atom is -0.376 e. The van der Waals surface area contributed by atoms with E-state index in [-0.39, 0.29) is 18.4 Å². The summed E-state index contributed by atoms with van der Waals surface area (Å²) in [7, 11) is 0. The number of carbonyl (C=O) groups is 2. The van der Waals surface area contributed by atoms with E-state index in [9.17, 15) is 9.59 Å². The van der Waals surface area contributed by atoms with Crippen LogP contribution >= 0.6 is 0 Å². The van der Waals surface area contributed by atoms with E-state index in [1.165, 1.54) is 32.6 Å². The van der Waals surface area contributed by atoms with Crippen molar-refractivity contribution >= 4 is 23.2 Å². The van der Waals surface area contributed by atoms with Gasteiger partial charge in [0.05, 0.1) is 6.54 Å². The molecule has 0 bridgehead atoms. The molecule has 0 aliphatic carbocycles. The van der Waals surface area contributed by atoms with Crippen molar-refractivity contribution in [3.05, 3.63) is 24.3 Å². The summed E-state index contributed by atoms with van der Waals surface area (Å²) in [6, 6.07) is 7.28. The lowest BCUT2D eigenvalue weighted by Gasteiger charge is -2.09. The number of unbranched alkanes of at least 4 members (excludes halogenated alkanes) is 4. The Bertz CT molecular complexity index is 457. The molecule has 5 nitrogen and oxygen atoms in total. The van der Waals surface area contributed by atoms with Crippen LogP contribution in [0, 0.1) is 0 Å². The fourth-order valence-corrected chi connectivity index (χ4v) is 2.08. The van der Waals surface area contributed by atoms with Gasteiger partial charge in [-0.3, -0.25) is 9.59 Å². The fraction of sp³-hybridized carbons (Fsp3) is 0.529. The maximum atomic E-state index is 11.7. The molecule has 0 fully saturated rings. The highest BCUT2D eigenvalue weighted by atomic mass is 16.2. The number of anilines is 2. The van der Waals surface area contributed by atoms with Crippen LogP contribution in [0.2, 0.25) is 0 Å². The molecule has 0 radical (unpaired) electrons. The quantitative estimate of drug-likeness (QED) is 0.582. The van der Waals surface area contributed by atoms with Gasteiger partial charge in [-0.1, -0.05) is 32.6 Å². The average Bonchev–Trinajstić information content (AvgIpc) is 2.49. The standard InChI is InChI=1S/C17H27N3O2/c1-3-4-5-6-7-12-18-17(22)13-19-15-8-10-16(11-9-15)20-14(2)21/h8-11,19H,3-7,12-13H2,1-2H3,(H,18,22)(H,20,21). The van der Waals surface area contributed by atoms with Gasteiger partial charge in [0, 0.05) is 24.8 Å². The summed E-state index contributed by atoms with van der Waals surface area (Å²) in [5, 5.41) is 8.67. The Balaban J connectivity index is 2.16. The zero-order valence-corrected chi connectivity index (χ0v) is 13.6. The van der Waals surface area contributed by atoms with Gasteiger partial charge in [-0.15, -0.1) is 0 Å². The second-order valence-corrected chi connectivity index (χ2v) is 5.38. The van der Waals surface area contributed by atoms with E-state index in [4.69, 9.17) is 0 Å². The second-order valence-electron chi connectivity index (χ2n) is 5.38. The molecule has 0 heterocycles. The van der Waals surface area contributed by atoms with Crippen LogP contribution in [0.3, 0.4) is 0 Å². The summed E-state index contributed by atoms with van der Waals surface area (Å²) in [5.74, 6) is -0.0968. The minimum absolute atomic E-state index is 0.00132. The largest absolute Gasteiger partial charge is 0.376 e. The van der Waals surface area contributed by atoms with Gasteiger partial charge in [-0.2, -0.15) is 0 Å². The molecule has 0 saturated carbocycles. The molecule has 0 aliphatic rings. The van der Waals surface area contributed by atoms with Crippen LogP contribution in [0.1, 0.15) is 46.0 Å². The van der Waals surface area contributed by atoms with Crippen LogP contribution in [0.25, 0.3) is 0 Å². The van der Waals surface area contributed by atoms with E-state index in [1.54, 1.807) is 12.1 Å². The molecule has 0 aliphatic heterocycles. The second kappa shape index (κ2) is 10.7. The summed E-state index contributed by atoms with van der Waals surface area (Å²) < 4.78 is 0. The van der Waals surface area contributed by atoms with Gasteiger partial charge in [0.15, 0.2) is 0 Å². The number of nitrogens with one attached hydrogen (secondary N) is 3. The molecule has 2 amide bonds. The number of hydrogen-bond acceptors (Lipinski definition) is 3. The zero-order chi connectivity index (χ0) is 16.2. The Morgan fingerprint density at radius 1 is 0.955 bits per heavy atom. The molecule has 0 saturated heterocycles. The highest BCUT2D eigenvalue weighted by Crippen LogP contribution is 2.13. The number of benzene rings is 1. The Morgan fingerprint density at radius 3 is 2.23 bits per heavy atom. The zero-order valence-electron chi connectivity index (χ0n) is 13.6. The Labute approximate surface area is 132 Å². The SMILES string of the molecule is CCCCCCCNC(=O)CNc1ccc(NC(C)=O)cc1. The van der Waals surface area contributed by atoms with Crippen LogP contribution in [0.15, 0.2) is 24.3 Å². The molecule has 22 heavy (non-hydrogen) atoms. The van der Waals surface area contributed by atoms with Crippen molar-refractivity contribution in [2.45, 2.75) is 46.0 Å². The molecule has 0 unspecified atom stereocenters. The molecule has 122 valence electrons. The van der Waals surface area contributed by atoms with Crippen LogP contribution < -0.4 is 16.0 Å². The van der Waals surface area contributed by atoms with E-state index in [1.807, 2.05) is 12.1 Å². The van der Waals surface area contributed by atoms with E-state index in [2.05, 4.69) is 22.9 Å². The van der Waals surface area contributed by atoms with Crippen molar-refractivity contribution in [2.75, 3.05) is 23.7 Å². The summed E-state index contributed by atoms with van der Waals surface area (Å²) >= 11 is 0. The van der Waals surface area contributed by atoms with Gasteiger partial charge < -0.3 is 16.0 Å². The minimum atomic E-state index is -0.0981. The van der Waals surface area contributed by atoms with E-state index in [0.717, 1.165) is 24.3 Å². The van der Waals surface area contributed by atoms with Crippen LogP contribution in [0.4, 0.5) is 11.4 Å². The van der Waals surface area contributed by atoms with E-state index < -0.39 is 0 Å². The number of carbonyl (C=O) groups excluding carboxylic acids is 2. The van der Waals surface area contributed by atoms with Crippen LogP contribution in [0.5, 0.6) is 0 Å². The number of amides is 2. The van der Waals surface area contributed by atoms with Crippen LogP contribution in [-0.2, 0) is 9.59 Å². The van der Waals surface area contributed by atoms with E-state index in [0.29, 0.717) is 0 Å². The highest BCUT2D eigenvalue weighted by molar-refractivity contribution is 5.88. The molecule has 0 atom stereocenters. The predicted molar refractivity (Wildman–Crippen MR) is 91.0 cm³/mol. The summed E-state index contributed by atoms with van der Waals surface area (Å²) in [6.07, 6.45) is 5.95. The third kappa shape index (κ3) is 8.29. The normalized spacial score (nSPS) is 10.1. The van der Waals surface area contributed by atoms with Crippen molar-refractivity contribution in [3.63, 3.8) is 0 Å². The maximum absolute atomic E-state index is 11.7. The third-order valence-corrected chi connectivity index (χ3v) is 3.26. The molecular weight excluding hydrogens is 278 g/mol. The molecule has 1 aromatic carbocycles. The van der Waals surface area contributed by atoms with Gasteiger partial charge in [0.25, 0.3) is 0 Å². The van der Waals surface area contributed by atoms with Gasteiger partial charge >= 0.3 is 0 Å². The van der Waals surface area contributed by atoms with Crippen molar-refractivity contribution in [3.8, 4) is 0 Å². The summed E-state index contributed by atoms with van der Waals surface area (Å²) in [6.45, 7) is 4.66. The predicted octanol–water partition coefficient (Wildman–Crippen LogP) is 3.14. The molecule has 5 heteroatoms. The lowest BCUT2D eigenvalue weighted by molar-refractivity contribution is -0.119. The van der Waals surface area contributed by atoms with Gasteiger partial charge in [0.2, 0.25) is 11.8 Å². The van der Waals surface area contributed by atoms with E-state index >= 15 is 0 Å². The Kier molecular flexibility index (Phi) is 8.72. The molecule has 0 aromatic heterocycles.